The van der Waals surface area contributed by atoms with Gasteiger partial charge in [0, 0.05) is 31.1 Å². The molecule has 0 saturated heterocycles. The van der Waals surface area contributed by atoms with Crippen molar-refractivity contribution in [1.82, 2.24) is 5.32 Å². The van der Waals surface area contributed by atoms with Gasteiger partial charge in [0.25, 0.3) is 5.91 Å². The summed E-state index contributed by atoms with van der Waals surface area (Å²) in [5.74, 6) is 0.911. The molecule has 30 heavy (non-hydrogen) atoms. The van der Waals surface area contributed by atoms with Gasteiger partial charge in [0.2, 0.25) is 0 Å². The zero-order valence-electron chi connectivity index (χ0n) is 19.1. The Balaban J connectivity index is 2.09. The second-order valence-electron chi connectivity index (χ2n) is 9.27. The van der Waals surface area contributed by atoms with Gasteiger partial charge in [-0.2, -0.15) is 0 Å². The molecule has 2 aliphatic rings. The zero-order chi connectivity index (χ0) is 21.9. The van der Waals surface area contributed by atoms with Crippen molar-refractivity contribution in [2.75, 3.05) is 20.3 Å². The third-order valence-electron chi connectivity index (χ3n) is 6.60. The Kier molecular flexibility index (Phi) is 7.12. The van der Waals surface area contributed by atoms with E-state index in [-0.39, 0.29) is 29.1 Å². The standard InChI is InChI=1S/C25H37NO4/c1-6-7-8-9-17-15-20-22(23(27)21(17)24(28)26-12-13-29-5)18-14-16(2)10-11-19(18)25(3,4)30-20/h14-15,18-19,27H,6-13H2,1-5H3,(H,26,28)/t18?,19-/m1/s1. The predicted molar refractivity (Wildman–Crippen MR) is 119 cm³/mol. The molecule has 0 saturated carbocycles. The average molecular weight is 416 g/mol. The molecule has 166 valence electrons. The van der Waals surface area contributed by atoms with E-state index in [0.717, 1.165) is 55.4 Å². The summed E-state index contributed by atoms with van der Waals surface area (Å²) >= 11 is 0. The number of unbranched alkanes of at least 4 members (excludes halogenated alkanes) is 2. The molecule has 1 heterocycles. The van der Waals surface area contributed by atoms with Crippen LogP contribution in [0, 0.1) is 5.92 Å². The number of methoxy groups -OCH3 is 1. The second kappa shape index (κ2) is 9.42. The van der Waals surface area contributed by atoms with Gasteiger partial charge < -0.3 is 19.9 Å². The maximum atomic E-state index is 13.0. The molecule has 0 spiro atoms. The number of benzene rings is 1. The highest BCUT2D eigenvalue weighted by atomic mass is 16.5. The number of ether oxygens (including phenoxy) is 2. The molecule has 0 radical (unpaired) electrons. The molecule has 5 nitrogen and oxygen atoms in total. The van der Waals surface area contributed by atoms with Crippen molar-refractivity contribution < 1.29 is 19.4 Å². The summed E-state index contributed by atoms with van der Waals surface area (Å²) in [4.78, 5) is 13.0. The Morgan fingerprint density at radius 3 is 2.83 bits per heavy atom. The number of phenolic OH excluding ortho intramolecular Hbond substituents is 1. The fraction of sp³-hybridized carbons (Fsp3) is 0.640. The highest BCUT2D eigenvalue weighted by molar-refractivity contribution is 5.99. The van der Waals surface area contributed by atoms with Gasteiger partial charge in [-0.3, -0.25) is 4.79 Å². The minimum absolute atomic E-state index is 0.0627. The number of allylic oxidation sites excluding steroid dienone is 2. The number of aryl methyl sites for hydroxylation is 1. The van der Waals surface area contributed by atoms with Crippen LogP contribution in [-0.4, -0.2) is 36.9 Å². The van der Waals surface area contributed by atoms with Crippen molar-refractivity contribution in [3.05, 3.63) is 34.4 Å². The molecule has 0 fully saturated rings. The number of phenols is 1. The summed E-state index contributed by atoms with van der Waals surface area (Å²) in [5, 5.41) is 14.3. The SMILES string of the molecule is CCCCCc1cc2c(c(O)c1C(=O)NCCOC)C1C=C(C)CC[C@H]1C(C)(C)O2. The van der Waals surface area contributed by atoms with Crippen LogP contribution in [-0.2, 0) is 11.2 Å². The van der Waals surface area contributed by atoms with Crippen molar-refractivity contribution in [1.29, 1.82) is 0 Å². The lowest BCUT2D eigenvalue weighted by Crippen LogP contribution is -2.45. The number of hydrogen-bond acceptors (Lipinski definition) is 4. The first kappa shape index (κ1) is 22.7. The van der Waals surface area contributed by atoms with Crippen LogP contribution in [0.1, 0.15) is 87.2 Å². The van der Waals surface area contributed by atoms with Gasteiger partial charge in [0.15, 0.2) is 0 Å². The number of hydrogen-bond donors (Lipinski definition) is 2. The van der Waals surface area contributed by atoms with E-state index < -0.39 is 0 Å². The van der Waals surface area contributed by atoms with Gasteiger partial charge in [-0.1, -0.05) is 31.4 Å². The summed E-state index contributed by atoms with van der Waals surface area (Å²) in [6, 6.07) is 2.01. The third kappa shape index (κ3) is 4.51. The quantitative estimate of drug-likeness (QED) is 0.457. The van der Waals surface area contributed by atoms with Crippen LogP contribution >= 0.6 is 0 Å². The van der Waals surface area contributed by atoms with Crippen LogP contribution in [0.2, 0.25) is 0 Å². The summed E-state index contributed by atoms with van der Waals surface area (Å²) in [5.41, 5.74) is 3.05. The molecule has 0 aromatic heterocycles. The van der Waals surface area contributed by atoms with Crippen molar-refractivity contribution in [2.24, 2.45) is 5.92 Å². The predicted octanol–water partition coefficient (Wildman–Crippen LogP) is 5.11. The van der Waals surface area contributed by atoms with Gasteiger partial charge >= 0.3 is 0 Å². The fourth-order valence-corrected chi connectivity index (χ4v) is 4.98. The molecule has 0 bridgehead atoms. The molecule has 1 aromatic carbocycles. The molecular weight excluding hydrogens is 378 g/mol. The Bertz CT molecular complexity index is 812. The number of carbonyl (C=O) groups excluding carboxylic acids is 1. The molecule has 2 N–H and O–H groups in total. The zero-order valence-corrected chi connectivity index (χ0v) is 19.1. The molecule has 5 heteroatoms. The third-order valence-corrected chi connectivity index (χ3v) is 6.60. The van der Waals surface area contributed by atoms with E-state index >= 15 is 0 Å². The first-order valence-electron chi connectivity index (χ1n) is 11.3. The molecule has 1 aliphatic carbocycles. The molecule has 3 rings (SSSR count). The summed E-state index contributed by atoms with van der Waals surface area (Å²) < 4.78 is 11.5. The number of rotatable bonds is 8. The van der Waals surface area contributed by atoms with E-state index in [4.69, 9.17) is 9.47 Å². The number of aromatic hydroxyl groups is 1. The Morgan fingerprint density at radius 1 is 1.37 bits per heavy atom. The number of fused-ring (bicyclic) bond motifs is 3. The van der Waals surface area contributed by atoms with Crippen molar-refractivity contribution in [3.8, 4) is 11.5 Å². The topological polar surface area (TPSA) is 67.8 Å². The molecule has 2 atom stereocenters. The maximum absolute atomic E-state index is 13.0. The van der Waals surface area contributed by atoms with Gasteiger partial charge in [-0.05, 0) is 58.1 Å². The van der Waals surface area contributed by atoms with Gasteiger partial charge in [-0.25, -0.2) is 0 Å². The van der Waals surface area contributed by atoms with Gasteiger partial charge in [-0.15, -0.1) is 0 Å². The largest absolute Gasteiger partial charge is 0.507 e. The lowest BCUT2D eigenvalue weighted by atomic mass is 9.67. The highest BCUT2D eigenvalue weighted by Crippen LogP contribution is 2.54. The van der Waals surface area contributed by atoms with Crippen LogP contribution in [0.3, 0.4) is 0 Å². The highest BCUT2D eigenvalue weighted by Gasteiger charge is 2.46. The second-order valence-corrected chi connectivity index (χ2v) is 9.27. The lowest BCUT2D eigenvalue weighted by molar-refractivity contribution is 0.0107. The normalized spacial score (nSPS) is 21.8. The first-order chi connectivity index (χ1) is 14.3. The minimum Gasteiger partial charge on any atom is -0.507 e. The number of carbonyl (C=O) groups is 1. The Labute approximate surface area is 180 Å². The number of nitrogens with one attached hydrogen (secondary N) is 1. The Morgan fingerprint density at radius 2 is 2.13 bits per heavy atom. The van der Waals surface area contributed by atoms with Crippen molar-refractivity contribution in [2.45, 2.75) is 77.7 Å². The molecule has 1 aliphatic heterocycles. The van der Waals surface area contributed by atoms with E-state index in [0.29, 0.717) is 18.7 Å². The van der Waals surface area contributed by atoms with Crippen LogP contribution in [0.25, 0.3) is 0 Å². The van der Waals surface area contributed by atoms with E-state index in [1.54, 1.807) is 7.11 Å². The Hall–Kier alpha value is -2.01. The average Bonchev–Trinajstić information content (AvgIpc) is 2.67. The molecule has 1 amide bonds. The van der Waals surface area contributed by atoms with Crippen molar-refractivity contribution >= 4 is 5.91 Å². The molecule has 1 unspecified atom stereocenters. The van der Waals surface area contributed by atoms with Crippen molar-refractivity contribution in [3.63, 3.8) is 0 Å². The van der Waals surface area contributed by atoms with E-state index in [2.05, 4.69) is 39.1 Å². The summed E-state index contributed by atoms with van der Waals surface area (Å²) in [6.45, 7) is 9.43. The lowest BCUT2D eigenvalue weighted by Gasteiger charge is -2.46. The minimum atomic E-state index is -0.315. The smallest absolute Gasteiger partial charge is 0.255 e. The molecular formula is C25H37NO4. The fourth-order valence-electron chi connectivity index (χ4n) is 4.98. The first-order valence-corrected chi connectivity index (χ1v) is 11.3. The number of amides is 1. The summed E-state index contributed by atoms with van der Waals surface area (Å²) in [7, 11) is 1.61. The maximum Gasteiger partial charge on any atom is 0.255 e. The van der Waals surface area contributed by atoms with E-state index in [1.165, 1.54) is 5.57 Å². The van der Waals surface area contributed by atoms with Crippen LogP contribution < -0.4 is 10.1 Å². The monoisotopic (exact) mass is 415 g/mol. The van der Waals surface area contributed by atoms with Gasteiger partial charge in [0.1, 0.15) is 17.1 Å². The van der Waals surface area contributed by atoms with Crippen LogP contribution in [0.4, 0.5) is 0 Å². The summed E-state index contributed by atoms with van der Waals surface area (Å²) in [6.07, 6.45) is 8.23. The molecule has 1 aromatic rings. The van der Waals surface area contributed by atoms with Gasteiger partial charge in [0.05, 0.1) is 12.2 Å². The van der Waals surface area contributed by atoms with Crippen LogP contribution in [0.15, 0.2) is 17.7 Å². The van der Waals surface area contributed by atoms with E-state index in [1.807, 2.05) is 6.07 Å². The van der Waals surface area contributed by atoms with Crippen LogP contribution in [0.5, 0.6) is 11.5 Å². The van der Waals surface area contributed by atoms with E-state index in [9.17, 15) is 9.90 Å².